The highest BCUT2D eigenvalue weighted by atomic mass is 16.1. The van der Waals surface area contributed by atoms with Gasteiger partial charge in [0.25, 0.3) is 0 Å². The first-order valence-electron chi connectivity index (χ1n) is 10.8. The first-order valence-corrected chi connectivity index (χ1v) is 10.8. The molecule has 3 fully saturated rings. The predicted octanol–water partition coefficient (Wildman–Crippen LogP) is 5.87. The molecule has 3 unspecified atom stereocenters. The van der Waals surface area contributed by atoms with Crippen LogP contribution in [0.4, 0.5) is 0 Å². The number of unbranched alkanes of at least 4 members (excludes halogenated alkanes) is 1. The van der Waals surface area contributed by atoms with Crippen LogP contribution in [-0.4, -0.2) is 11.6 Å². The van der Waals surface area contributed by atoms with Gasteiger partial charge >= 0.3 is 0 Å². The first kappa shape index (κ1) is 18.1. The topological polar surface area (TPSA) is 34.1 Å². The standard InChI is InChI=1S/C22H36O2/c23-19(16-17-8-1-2-9-17)12-4-6-15-22(24)21-14-7-11-18-10-3-5-13-20(18)21/h17-18,20-21H,1-16H2. The normalized spacial score (nSPS) is 30.9. The summed E-state index contributed by atoms with van der Waals surface area (Å²) in [5.41, 5.74) is 0. The van der Waals surface area contributed by atoms with Crippen molar-refractivity contribution < 1.29 is 9.59 Å². The SMILES string of the molecule is O=C(CCCCC(=O)C1CCCC2CCCCC21)CC1CCCC1. The minimum Gasteiger partial charge on any atom is -0.300 e. The van der Waals surface area contributed by atoms with Crippen LogP contribution < -0.4 is 0 Å². The van der Waals surface area contributed by atoms with E-state index in [9.17, 15) is 9.59 Å². The van der Waals surface area contributed by atoms with Crippen molar-refractivity contribution in [2.75, 3.05) is 0 Å². The third kappa shape index (κ3) is 4.92. The lowest BCUT2D eigenvalue weighted by Gasteiger charge is -2.40. The van der Waals surface area contributed by atoms with E-state index in [1.54, 1.807) is 0 Å². The Bertz CT molecular complexity index is 420. The lowest BCUT2D eigenvalue weighted by atomic mass is 9.64. The molecule has 0 aromatic carbocycles. The molecule has 3 rings (SSSR count). The van der Waals surface area contributed by atoms with E-state index in [0.29, 0.717) is 35.7 Å². The number of Topliss-reactive ketones (excluding diaryl/α,β-unsaturated/α-hetero) is 2. The number of rotatable bonds is 8. The minimum atomic E-state index is 0.359. The largest absolute Gasteiger partial charge is 0.300 e. The monoisotopic (exact) mass is 332 g/mol. The molecule has 0 amide bonds. The van der Waals surface area contributed by atoms with Gasteiger partial charge in [-0.25, -0.2) is 0 Å². The molecule has 0 aliphatic heterocycles. The molecule has 3 aliphatic carbocycles. The summed E-state index contributed by atoms with van der Waals surface area (Å²) in [4.78, 5) is 24.7. The van der Waals surface area contributed by atoms with Crippen molar-refractivity contribution in [3.63, 3.8) is 0 Å². The Hall–Kier alpha value is -0.660. The van der Waals surface area contributed by atoms with E-state index in [1.807, 2.05) is 0 Å². The molecular formula is C22H36O2. The van der Waals surface area contributed by atoms with Crippen LogP contribution in [0.5, 0.6) is 0 Å². The summed E-state index contributed by atoms with van der Waals surface area (Å²) in [6.45, 7) is 0. The fourth-order valence-corrected chi connectivity index (χ4v) is 5.78. The van der Waals surface area contributed by atoms with E-state index in [4.69, 9.17) is 0 Å². The molecule has 136 valence electrons. The first-order chi connectivity index (χ1) is 11.7. The van der Waals surface area contributed by atoms with Crippen LogP contribution in [0.15, 0.2) is 0 Å². The fourth-order valence-electron chi connectivity index (χ4n) is 5.78. The summed E-state index contributed by atoms with van der Waals surface area (Å²) in [6, 6.07) is 0. The van der Waals surface area contributed by atoms with Crippen molar-refractivity contribution in [3.05, 3.63) is 0 Å². The zero-order chi connectivity index (χ0) is 16.8. The Morgan fingerprint density at radius 1 is 0.708 bits per heavy atom. The summed E-state index contributed by atoms with van der Waals surface area (Å²) in [7, 11) is 0. The Kier molecular flexibility index (Phi) is 6.92. The molecule has 24 heavy (non-hydrogen) atoms. The molecule has 0 bridgehead atoms. The highest BCUT2D eigenvalue weighted by Gasteiger charge is 2.37. The number of carbonyl (C=O) groups excluding carboxylic acids is 2. The van der Waals surface area contributed by atoms with Gasteiger partial charge in [-0.05, 0) is 43.4 Å². The van der Waals surface area contributed by atoms with Gasteiger partial charge in [0, 0.05) is 25.2 Å². The van der Waals surface area contributed by atoms with E-state index < -0.39 is 0 Å². The molecule has 2 nitrogen and oxygen atoms in total. The molecule has 0 N–H and O–H groups in total. The van der Waals surface area contributed by atoms with Gasteiger partial charge in [0.1, 0.15) is 11.6 Å². The number of hydrogen-bond acceptors (Lipinski definition) is 2. The number of ketones is 2. The molecule has 3 aliphatic rings. The van der Waals surface area contributed by atoms with E-state index in [0.717, 1.165) is 38.0 Å². The summed E-state index contributed by atoms with van der Waals surface area (Å²) in [5, 5.41) is 0. The summed E-state index contributed by atoms with van der Waals surface area (Å²) < 4.78 is 0. The second-order valence-electron chi connectivity index (χ2n) is 8.81. The molecule has 3 atom stereocenters. The van der Waals surface area contributed by atoms with Crippen molar-refractivity contribution in [1.29, 1.82) is 0 Å². The quantitative estimate of drug-likeness (QED) is 0.521. The van der Waals surface area contributed by atoms with Crippen LogP contribution in [0.2, 0.25) is 0 Å². The lowest BCUT2D eigenvalue weighted by Crippen LogP contribution is -2.35. The van der Waals surface area contributed by atoms with Gasteiger partial charge in [0.15, 0.2) is 0 Å². The third-order valence-corrected chi connectivity index (χ3v) is 7.11. The van der Waals surface area contributed by atoms with Crippen LogP contribution in [0.3, 0.4) is 0 Å². The third-order valence-electron chi connectivity index (χ3n) is 7.11. The smallest absolute Gasteiger partial charge is 0.136 e. The van der Waals surface area contributed by atoms with Gasteiger partial charge in [-0.1, -0.05) is 57.8 Å². The summed E-state index contributed by atoms with van der Waals surface area (Å²) in [6.07, 6.45) is 18.4. The van der Waals surface area contributed by atoms with Crippen LogP contribution in [0.25, 0.3) is 0 Å². The van der Waals surface area contributed by atoms with E-state index in [2.05, 4.69) is 0 Å². The average molecular weight is 333 g/mol. The fraction of sp³-hybridized carbons (Fsp3) is 0.909. The highest BCUT2D eigenvalue weighted by Crippen LogP contribution is 2.44. The van der Waals surface area contributed by atoms with Crippen molar-refractivity contribution in [2.45, 2.75) is 103 Å². The lowest BCUT2D eigenvalue weighted by molar-refractivity contribution is -0.127. The summed E-state index contributed by atoms with van der Waals surface area (Å²) >= 11 is 0. The molecule has 2 heteroatoms. The zero-order valence-electron chi connectivity index (χ0n) is 15.4. The maximum absolute atomic E-state index is 12.7. The predicted molar refractivity (Wildman–Crippen MR) is 97.8 cm³/mol. The highest BCUT2D eigenvalue weighted by molar-refractivity contribution is 5.81. The van der Waals surface area contributed by atoms with Gasteiger partial charge < -0.3 is 0 Å². The molecule has 0 radical (unpaired) electrons. The molecule has 0 aromatic rings. The Morgan fingerprint density at radius 2 is 1.38 bits per heavy atom. The van der Waals surface area contributed by atoms with Crippen molar-refractivity contribution >= 4 is 11.6 Å². The maximum atomic E-state index is 12.7. The Morgan fingerprint density at radius 3 is 2.21 bits per heavy atom. The van der Waals surface area contributed by atoms with Gasteiger partial charge in [0.2, 0.25) is 0 Å². The molecule has 0 saturated heterocycles. The van der Waals surface area contributed by atoms with Gasteiger partial charge in [-0.2, -0.15) is 0 Å². The minimum absolute atomic E-state index is 0.359. The second-order valence-corrected chi connectivity index (χ2v) is 8.81. The average Bonchev–Trinajstić information content (AvgIpc) is 3.11. The van der Waals surface area contributed by atoms with E-state index in [1.165, 1.54) is 64.2 Å². The van der Waals surface area contributed by atoms with Crippen molar-refractivity contribution in [3.8, 4) is 0 Å². The maximum Gasteiger partial charge on any atom is 0.136 e. The van der Waals surface area contributed by atoms with Crippen LogP contribution in [-0.2, 0) is 9.59 Å². The van der Waals surface area contributed by atoms with Gasteiger partial charge in [-0.3, -0.25) is 9.59 Å². The second kappa shape index (κ2) is 9.15. The molecular weight excluding hydrogens is 296 g/mol. The van der Waals surface area contributed by atoms with E-state index in [-0.39, 0.29) is 0 Å². The van der Waals surface area contributed by atoms with Crippen molar-refractivity contribution in [2.24, 2.45) is 23.7 Å². The van der Waals surface area contributed by atoms with Crippen LogP contribution >= 0.6 is 0 Å². The van der Waals surface area contributed by atoms with Crippen LogP contribution in [0.1, 0.15) is 103 Å². The number of carbonyl (C=O) groups is 2. The zero-order valence-corrected chi connectivity index (χ0v) is 15.4. The molecule has 0 spiro atoms. The van der Waals surface area contributed by atoms with E-state index >= 15 is 0 Å². The molecule has 0 aromatic heterocycles. The molecule has 3 saturated carbocycles. The van der Waals surface area contributed by atoms with Crippen molar-refractivity contribution in [1.82, 2.24) is 0 Å². The number of fused-ring (bicyclic) bond motifs is 1. The Labute approximate surface area is 148 Å². The number of hydrogen-bond donors (Lipinski definition) is 0. The summed E-state index contributed by atoms with van der Waals surface area (Å²) in [5.74, 6) is 3.54. The Balaban J connectivity index is 1.33. The van der Waals surface area contributed by atoms with Gasteiger partial charge in [0.05, 0.1) is 0 Å². The van der Waals surface area contributed by atoms with Crippen LogP contribution in [0, 0.1) is 23.7 Å². The molecule has 0 heterocycles. The van der Waals surface area contributed by atoms with Gasteiger partial charge in [-0.15, -0.1) is 0 Å².